The highest BCUT2D eigenvalue weighted by atomic mass is 16.6. The number of nitriles is 1. The van der Waals surface area contributed by atoms with Crippen molar-refractivity contribution in [1.29, 1.82) is 5.26 Å². The Balaban J connectivity index is 2.95. The van der Waals surface area contributed by atoms with Gasteiger partial charge in [-0.25, -0.2) is 4.98 Å². The van der Waals surface area contributed by atoms with Crippen molar-refractivity contribution in [2.24, 2.45) is 11.8 Å². The summed E-state index contributed by atoms with van der Waals surface area (Å²) < 4.78 is 0. The Bertz CT molecular complexity index is 565. The summed E-state index contributed by atoms with van der Waals surface area (Å²) in [5.74, 6) is -1.84. The van der Waals surface area contributed by atoms with Crippen molar-refractivity contribution in [1.82, 2.24) is 4.98 Å². The summed E-state index contributed by atoms with van der Waals surface area (Å²) >= 11 is 0. The number of carboxylic acid groups (broad SMARTS) is 1. The molecule has 1 rings (SSSR count). The molecule has 1 heterocycles. The number of hydrogen-bond donors (Lipinski definition) is 2. The van der Waals surface area contributed by atoms with E-state index in [1.807, 2.05) is 0 Å². The molecule has 0 saturated heterocycles. The van der Waals surface area contributed by atoms with Gasteiger partial charge in [-0.15, -0.1) is 0 Å². The van der Waals surface area contributed by atoms with Gasteiger partial charge in [0.2, 0.25) is 5.82 Å². The summed E-state index contributed by atoms with van der Waals surface area (Å²) in [5.41, 5.74) is -0.280. The Morgan fingerprint density at radius 2 is 2.30 bits per heavy atom. The molecule has 8 heteroatoms. The van der Waals surface area contributed by atoms with Gasteiger partial charge < -0.3 is 10.4 Å². The van der Waals surface area contributed by atoms with Crippen molar-refractivity contribution < 1.29 is 14.8 Å². The average Bonchev–Trinajstić information content (AvgIpc) is 2.38. The number of carbonyl (C=O) groups is 1. The summed E-state index contributed by atoms with van der Waals surface area (Å²) in [4.78, 5) is 25.1. The van der Waals surface area contributed by atoms with Crippen LogP contribution in [0.2, 0.25) is 0 Å². The Morgan fingerprint density at radius 1 is 1.65 bits per heavy atom. The van der Waals surface area contributed by atoms with Crippen molar-refractivity contribution in [2.45, 2.75) is 13.8 Å². The number of hydrogen-bond acceptors (Lipinski definition) is 6. The van der Waals surface area contributed by atoms with Crippen molar-refractivity contribution in [3.8, 4) is 6.07 Å². The van der Waals surface area contributed by atoms with E-state index in [-0.39, 0.29) is 29.5 Å². The molecule has 1 aromatic heterocycles. The van der Waals surface area contributed by atoms with E-state index in [0.717, 1.165) is 6.07 Å². The number of aliphatic carboxylic acids is 1. The second kappa shape index (κ2) is 6.47. The molecule has 0 amide bonds. The molecule has 0 aliphatic rings. The predicted octanol–water partition coefficient (Wildman–Crippen LogP) is 1.63. The molecule has 1 unspecified atom stereocenters. The molecule has 20 heavy (non-hydrogen) atoms. The number of aromatic nitrogens is 1. The maximum absolute atomic E-state index is 11.0. The summed E-state index contributed by atoms with van der Waals surface area (Å²) in [5, 5.41) is 31.3. The zero-order valence-electron chi connectivity index (χ0n) is 11.0. The van der Waals surface area contributed by atoms with E-state index < -0.39 is 16.8 Å². The first-order valence-corrected chi connectivity index (χ1v) is 5.88. The van der Waals surface area contributed by atoms with E-state index in [2.05, 4.69) is 10.3 Å². The van der Waals surface area contributed by atoms with Gasteiger partial charge in [-0.2, -0.15) is 5.26 Å². The fourth-order valence-electron chi connectivity index (χ4n) is 1.60. The Kier molecular flexibility index (Phi) is 4.97. The van der Waals surface area contributed by atoms with Gasteiger partial charge in [0.05, 0.1) is 16.4 Å². The number of nitrogens with one attached hydrogen (secondary N) is 1. The minimum atomic E-state index is -0.983. The van der Waals surface area contributed by atoms with Gasteiger partial charge >= 0.3 is 11.7 Å². The van der Waals surface area contributed by atoms with Crippen LogP contribution >= 0.6 is 0 Å². The maximum Gasteiger partial charge on any atom is 0.312 e. The van der Waals surface area contributed by atoms with E-state index >= 15 is 0 Å². The van der Waals surface area contributed by atoms with Gasteiger partial charge in [-0.1, -0.05) is 13.8 Å². The zero-order valence-corrected chi connectivity index (χ0v) is 11.0. The van der Waals surface area contributed by atoms with Crippen molar-refractivity contribution >= 4 is 17.5 Å². The third kappa shape index (κ3) is 3.65. The molecular formula is C12H14N4O4. The first kappa shape index (κ1) is 15.4. The highest BCUT2D eigenvalue weighted by Gasteiger charge is 2.23. The van der Waals surface area contributed by atoms with Gasteiger partial charge in [0, 0.05) is 18.8 Å². The van der Waals surface area contributed by atoms with Crippen molar-refractivity contribution in [3.05, 3.63) is 27.9 Å². The molecular weight excluding hydrogens is 264 g/mol. The standard InChI is InChI=1S/C12H14N4O4/c1-7(2)9(12(17)18)6-15-11-10(16(19)20)3-8(4-13)5-14-11/h3,5,7,9H,6H2,1-2H3,(H,14,15)(H,17,18). The smallest absolute Gasteiger partial charge is 0.312 e. The van der Waals surface area contributed by atoms with E-state index in [1.165, 1.54) is 6.20 Å². The number of nitrogens with zero attached hydrogens (tertiary/aromatic N) is 3. The molecule has 0 aliphatic carbocycles. The predicted molar refractivity (Wildman–Crippen MR) is 70.1 cm³/mol. The van der Waals surface area contributed by atoms with Crippen LogP contribution in [-0.2, 0) is 4.79 Å². The number of pyridine rings is 1. The lowest BCUT2D eigenvalue weighted by atomic mass is 9.96. The number of nitro groups is 1. The summed E-state index contributed by atoms with van der Waals surface area (Å²) in [7, 11) is 0. The number of anilines is 1. The lowest BCUT2D eigenvalue weighted by molar-refractivity contribution is -0.384. The van der Waals surface area contributed by atoms with Gasteiger partial charge in [-0.05, 0) is 5.92 Å². The van der Waals surface area contributed by atoms with Crippen LogP contribution in [0.25, 0.3) is 0 Å². The van der Waals surface area contributed by atoms with Crippen LogP contribution in [0.15, 0.2) is 12.3 Å². The monoisotopic (exact) mass is 278 g/mol. The second-order valence-corrected chi connectivity index (χ2v) is 4.53. The summed E-state index contributed by atoms with van der Waals surface area (Å²) in [6, 6.07) is 2.86. The molecule has 0 fully saturated rings. The molecule has 8 nitrogen and oxygen atoms in total. The lowest BCUT2D eigenvalue weighted by Crippen LogP contribution is -2.28. The fourth-order valence-corrected chi connectivity index (χ4v) is 1.60. The Labute approximate surface area is 115 Å². The van der Waals surface area contributed by atoms with E-state index in [4.69, 9.17) is 10.4 Å². The van der Waals surface area contributed by atoms with Crippen LogP contribution < -0.4 is 5.32 Å². The molecule has 0 aliphatic heterocycles. The molecule has 106 valence electrons. The van der Waals surface area contributed by atoms with Crippen LogP contribution in [-0.4, -0.2) is 27.5 Å². The zero-order chi connectivity index (χ0) is 15.3. The highest BCUT2D eigenvalue weighted by Crippen LogP contribution is 2.23. The van der Waals surface area contributed by atoms with Gasteiger partial charge in [0.25, 0.3) is 0 Å². The third-order valence-electron chi connectivity index (χ3n) is 2.80. The topological polar surface area (TPSA) is 129 Å². The van der Waals surface area contributed by atoms with Crippen LogP contribution in [0.4, 0.5) is 11.5 Å². The fraction of sp³-hybridized carbons (Fsp3) is 0.417. The van der Waals surface area contributed by atoms with Crippen molar-refractivity contribution in [2.75, 3.05) is 11.9 Å². The molecule has 0 spiro atoms. The largest absolute Gasteiger partial charge is 0.481 e. The van der Waals surface area contributed by atoms with Gasteiger partial charge in [-0.3, -0.25) is 14.9 Å². The summed E-state index contributed by atoms with van der Waals surface area (Å²) in [6.07, 6.45) is 1.19. The van der Waals surface area contributed by atoms with E-state index in [9.17, 15) is 14.9 Å². The summed E-state index contributed by atoms with van der Waals surface area (Å²) in [6.45, 7) is 3.52. The molecule has 0 bridgehead atoms. The number of carboxylic acids is 1. The Morgan fingerprint density at radius 3 is 2.75 bits per heavy atom. The van der Waals surface area contributed by atoms with Crippen molar-refractivity contribution in [3.63, 3.8) is 0 Å². The Hall–Kier alpha value is -2.69. The molecule has 2 N–H and O–H groups in total. The minimum absolute atomic E-state index is 0.0206. The number of rotatable bonds is 6. The highest BCUT2D eigenvalue weighted by molar-refractivity contribution is 5.71. The SMILES string of the molecule is CC(C)C(CNc1ncc(C#N)cc1[N+](=O)[O-])C(=O)O. The molecule has 1 atom stereocenters. The second-order valence-electron chi connectivity index (χ2n) is 4.53. The van der Waals surface area contributed by atoms with Crippen LogP contribution in [0.5, 0.6) is 0 Å². The van der Waals surface area contributed by atoms with Crippen LogP contribution in [0, 0.1) is 33.3 Å². The first-order chi connectivity index (χ1) is 9.36. The van der Waals surface area contributed by atoms with E-state index in [1.54, 1.807) is 19.9 Å². The van der Waals surface area contributed by atoms with Gasteiger partial charge in [0.1, 0.15) is 6.07 Å². The molecule has 0 radical (unpaired) electrons. The normalized spacial score (nSPS) is 11.7. The molecule has 1 aromatic rings. The van der Waals surface area contributed by atoms with Crippen LogP contribution in [0.1, 0.15) is 19.4 Å². The lowest BCUT2D eigenvalue weighted by Gasteiger charge is -2.16. The maximum atomic E-state index is 11.0. The van der Waals surface area contributed by atoms with E-state index in [0.29, 0.717) is 0 Å². The van der Waals surface area contributed by atoms with Crippen LogP contribution in [0.3, 0.4) is 0 Å². The quantitative estimate of drug-likeness (QED) is 0.597. The minimum Gasteiger partial charge on any atom is -0.481 e. The average molecular weight is 278 g/mol. The molecule has 0 aromatic carbocycles. The first-order valence-electron chi connectivity index (χ1n) is 5.88. The molecule has 0 saturated carbocycles. The third-order valence-corrected chi connectivity index (χ3v) is 2.80. The van der Waals surface area contributed by atoms with Gasteiger partial charge in [0.15, 0.2) is 0 Å².